The highest BCUT2D eigenvalue weighted by molar-refractivity contribution is 6.31. The van der Waals surface area contributed by atoms with Crippen LogP contribution in [0.5, 0.6) is 0 Å². The molecule has 0 bridgehead atoms. The van der Waals surface area contributed by atoms with Crippen LogP contribution >= 0.6 is 23.2 Å². The number of carboxylic acids is 1. The second kappa shape index (κ2) is 7.61. The Balaban J connectivity index is 1.78. The van der Waals surface area contributed by atoms with E-state index in [0.29, 0.717) is 43.5 Å². The summed E-state index contributed by atoms with van der Waals surface area (Å²) in [5.41, 5.74) is 3.31. The molecular weight excluding hydrogens is 437 g/mol. The third-order valence-electron chi connectivity index (χ3n) is 5.05. The molecule has 5 rings (SSSR count). The minimum Gasteiger partial charge on any atom is -0.481 e. The maximum absolute atomic E-state index is 12.2. The Kier molecular flexibility index (Phi) is 4.77. The number of tetrazole rings is 1. The van der Waals surface area contributed by atoms with Crippen LogP contribution in [0.4, 0.5) is 0 Å². The first kappa shape index (κ1) is 19.4. The van der Waals surface area contributed by atoms with Crippen LogP contribution in [0.25, 0.3) is 27.9 Å². The highest BCUT2D eigenvalue weighted by atomic mass is 35.5. The maximum Gasteiger partial charge on any atom is 0.315 e. The molecule has 0 spiro atoms. The molecule has 0 amide bonds. The molecular formula is C22H13Cl2N5O2. The van der Waals surface area contributed by atoms with Crippen LogP contribution in [0.3, 0.4) is 0 Å². The lowest BCUT2D eigenvalue weighted by Gasteiger charge is -2.15. The molecule has 0 fully saturated rings. The standard InChI is InChI=1S/C22H13Cl2N5O2/c23-15-7-4-12(5-8-15)19(21(30)31)13-6-9-18-17(11-13)20(14-2-1-3-16(24)10-14)25-22-26-27-28-29(18)22/h1-11,19H,(H,30,31). The summed E-state index contributed by atoms with van der Waals surface area (Å²) in [6.07, 6.45) is 0. The van der Waals surface area contributed by atoms with Gasteiger partial charge in [0.05, 0.1) is 11.2 Å². The van der Waals surface area contributed by atoms with Crippen molar-refractivity contribution in [3.63, 3.8) is 0 Å². The second-order valence-corrected chi connectivity index (χ2v) is 7.83. The number of fused-ring (bicyclic) bond motifs is 3. The number of aliphatic carboxylic acids is 1. The fourth-order valence-corrected chi connectivity index (χ4v) is 3.98. The molecule has 0 aliphatic rings. The summed E-state index contributed by atoms with van der Waals surface area (Å²) in [6.45, 7) is 0. The van der Waals surface area contributed by atoms with Gasteiger partial charge in [-0.1, -0.05) is 58.6 Å². The SMILES string of the molecule is O=C(O)C(c1ccc(Cl)cc1)c1ccc2c(c1)c(-c1cccc(Cl)c1)nc1nnnn12. The van der Waals surface area contributed by atoms with Crippen LogP contribution in [0, 0.1) is 0 Å². The Bertz CT molecular complexity index is 1450. The highest BCUT2D eigenvalue weighted by Gasteiger charge is 2.24. The van der Waals surface area contributed by atoms with E-state index in [2.05, 4.69) is 20.5 Å². The first-order valence-corrected chi connectivity index (χ1v) is 10.0. The monoisotopic (exact) mass is 449 g/mol. The van der Waals surface area contributed by atoms with Gasteiger partial charge in [0.25, 0.3) is 5.78 Å². The van der Waals surface area contributed by atoms with Crippen LogP contribution < -0.4 is 0 Å². The number of hydrogen-bond donors (Lipinski definition) is 1. The quantitative estimate of drug-likeness (QED) is 0.420. The van der Waals surface area contributed by atoms with E-state index in [9.17, 15) is 9.90 Å². The average Bonchev–Trinajstić information content (AvgIpc) is 3.23. The summed E-state index contributed by atoms with van der Waals surface area (Å²) in [5, 5.41) is 23.5. The Morgan fingerprint density at radius 1 is 0.935 bits per heavy atom. The third-order valence-corrected chi connectivity index (χ3v) is 5.54. The van der Waals surface area contributed by atoms with E-state index in [0.717, 1.165) is 5.56 Å². The average molecular weight is 450 g/mol. The van der Waals surface area contributed by atoms with Crippen molar-refractivity contribution in [3.05, 3.63) is 87.9 Å². The molecule has 31 heavy (non-hydrogen) atoms. The molecule has 1 N–H and O–H groups in total. The molecule has 0 saturated carbocycles. The minimum absolute atomic E-state index is 0.336. The normalized spacial score (nSPS) is 12.3. The number of nitrogens with zero attached hydrogens (tertiary/aromatic N) is 5. The first-order chi connectivity index (χ1) is 15.0. The largest absolute Gasteiger partial charge is 0.481 e. The summed E-state index contributed by atoms with van der Waals surface area (Å²) >= 11 is 12.2. The van der Waals surface area contributed by atoms with Crippen molar-refractivity contribution in [2.75, 3.05) is 0 Å². The van der Waals surface area contributed by atoms with Crippen LogP contribution in [0.2, 0.25) is 10.0 Å². The van der Waals surface area contributed by atoms with E-state index in [4.69, 9.17) is 23.2 Å². The van der Waals surface area contributed by atoms with Crippen LogP contribution in [0.1, 0.15) is 17.0 Å². The van der Waals surface area contributed by atoms with Crippen LogP contribution in [-0.2, 0) is 4.79 Å². The zero-order chi connectivity index (χ0) is 21.5. The molecule has 3 aromatic carbocycles. The van der Waals surface area contributed by atoms with Crippen molar-refractivity contribution < 1.29 is 9.90 Å². The van der Waals surface area contributed by atoms with Gasteiger partial charge in [0.2, 0.25) is 0 Å². The van der Waals surface area contributed by atoms with E-state index in [-0.39, 0.29) is 0 Å². The zero-order valence-electron chi connectivity index (χ0n) is 15.8. The first-order valence-electron chi connectivity index (χ1n) is 9.27. The molecule has 0 saturated heterocycles. The summed E-state index contributed by atoms with van der Waals surface area (Å²) in [7, 11) is 0. The second-order valence-electron chi connectivity index (χ2n) is 6.96. The predicted octanol–water partition coefficient (Wildman–Crippen LogP) is 4.86. The smallest absolute Gasteiger partial charge is 0.315 e. The highest BCUT2D eigenvalue weighted by Crippen LogP contribution is 2.33. The number of aromatic nitrogens is 5. The fraction of sp³-hybridized carbons (Fsp3) is 0.0455. The molecule has 0 radical (unpaired) electrons. The van der Waals surface area contributed by atoms with Gasteiger partial charge in [-0.3, -0.25) is 4.79 Å². The van der Waals surface area contributed by atoms with Crippen molar-refractivity contribution >= 4 is 45.9 Å². The van der Waals surface area contributed by atoms with E-state index in [1.807, 2.05) is 18.2 Å². The molecule has 1 atom stereocenters. The number of rotatable bonds is 4. The number of halogens is 2. The Hall–Kier alpha value is -3.55. The van der Waals surface area contributed by atoms with E-state index in [1.165, 1.54) is 4.52 Å². The van der Waals surface area contributed by atoms with Gasteiger partial charge in [0.1, 0.15) is 5.92 Å². The number of carbonyl (C=O) groups is 1. The predicted molar refractivity (Wildman–Crippen MR) is 117 cm³/mol. The Morgan fingerprint density at radius 2 is 1.71 bits per heavy atom. The van der Waals surface area contributed by atoms with Crippen molar-refractivity contribution in [2.45, 2.75) is 5.92 Å². The van der Waals surface area contributed by atoms with Crippen molar-refractivity contribution in [2.24, 2.45) is 0 Å². The van der Waals surface area contributed by atoms with Gasteiger partial charge in [-0.15, -0.1) is 0 Å². The molecule has 2 aromatic heterocycles. The molecule has 152 valence electrons. The third kappa shape index (κ3) is 3.48. The van der Waals surface area contributed by atoms with Gasteiger partial charge >= 0.3 is 5.97 Å². The van der Waals surface area contributed by atoms with Gasteiger partial charge in [0, 0.05) is 21.0 Å². The number of hydrogen-bond acceptors (Lipinski definition) is 5. The lowest BCUT2D eigenvalue weighted by molar-refractivity contribution is -0.137. The van der Waals surface area contributed by atoms with Gasteiger partial charge in [-0.25, -0.2) is 4.98 Å². The molecule has 0 aliphatic carbocycles. The lowest BCUT2D eigenvalue weighted by atomic mass is 9.90. The van der Waals surface area contributed by atoms with E-state index in [1.54, 1.807) is 48.5 Å². The Labute approximate surface area is 185 Å². The summed E-state index contributed by atoms with van der Waals surface area (Å²) in [4.78, 5) is 16.8. The minimum atomic E-state index is -0.970. The zero-order valence-corrected chi connectivity index (χ0v) is 17.3. The number of carboxylic acid groups (broad SMARTS) is 1. The molecule has 1 unspecified atom stereocenters. The van der Waals surface area contributed by atoms with Crippen molar-refractivity contribution in [1.29, 1.82) is 0 Å². The molecule has 7 nitrogen and oxygen atoms in total. The Morgan fingerprint density at radius 3 is 2.45 bits per heavy atom. The number of benzene rings is 3. The molecule has 5 aromatic rings. The molecule has 0 aliphatic heterocycles. The fourth-order valence-electron chi connectivity index (χ4n) is 3.66. The summed E-state index contributed by atoms with van der Waals surface area (Å²) < 4.78 is 1.52. The van der Waals surface area contributed by atoms with E-state index >= 15 is 0 Å². The van der Waals surface area contributed by atoms with Crippen LogP contribution in [0.15, 0.2) is 66.7 Å². The maximum atomic E-state index is 12.2. The summed E-state index contributed by atoms with van der Waals surface area (Å²) in [6, 6.07) is 19.4. The molecule has 2 heterocycles. The van der Waals surface area contributed by atoms with Gasteiger partial charge in [-0.05, 0) is 58.0 Å². The lowest BCUT2D eigenvalue weighted by Crippen LogP contribution is -2.13. The van der Waals surface area contributed by atoms with E-state index < -0.39 is 11.9 Å². The van der Waals surface area contributed by atoms with Gasteiger partial charge in [0.15, 0.2) is 0 Å². The molecule has 9 heteroatoms. The van der Waals surface area contributed by atoms with Crippen LogP contribution in [-0.4, -0.2) is 36.1 Å². The summed E-state index contributed by atoms with van der Waals surface area (Å²) in [5.74, 6) is -1.51. The van der Waals surface area contributed by atoms with Crippen molar-refractivity contribution in [3.8, 4) is 11.3 Å². The van der Waals surface area contributed by atoms with Crippen molar-refractivity contribution in [1.82, 2.24) is 25.0 Å². The van der Waals surface area contributed by atoms with Gasteiger partial charge in [-0.2, -0.15) is 4.52 Å². The topological polar surface area (TPSA) is 93.3 Å². The van der Waals surface area contributed by atoms with Gasteiger partial charge < -0.3 is 5.11 Å².